The monoisotopic (exact) mass is 916 g/mol. The Labute approximate surface area is 390 Å². The van der Waals surface area contributed by atoms with Crippen LogP contribution >= 0.6 is 0 Å². The van der Waals surface area contributed by atoms with Crippen LogP contribution in [0.15, 0.2) is 66.7 Å². The fourth-order valence-electron chi connectivity index (χ4n) is 8.80. The highest BCUT2D eigenvalue weighted by atomic mass is 16.5. The summed E-state index contributed by atoms with van der Waals surface area (Å²) in [6.07, 6.45) is 5.85. The molecular formula is C50H73N7O9. The maximum absolute atomic E-state index is 14.2. The van der Waals surface area contributed by atoms with E-state index in [1.807, 2.05) is 58.0 Å². The summed E-state index contributed by atoms with van der Waals surface area (Å²) in [7, 11) is 4.81. The van der Waals surface area contributed by atoms with E-state index in [0.29, 0.717) is 57.4 Å². The molecular weight excluding hydrogens is 843 g/mol. The standard InChI is InChI=1S/C50H73N7O9/c1-9-33(4)46(55(6)50(64)45(51)32(2)3)40(65-7)30-44(61)56-28-16-19-39(56)47(66-8)34(5)48(62)54-38(29-35-17-12-10-13-18-35)49(63)53-37-23-21-36(22-24-37)31-52-41(58)20-14-11-15-27-57-42(59)25-26-43(57)60/h10,12-13,17-18,21-26,32-34,38-40,45-47H,9,11,14-16,19-20,27-31,51H2,1-8H3,(H,52,58)(H,53,63)(H,54,62)/t33-,34+,38?,39?,40+,45?,46-,47+/m0/s1. The maximum Gasteiger partial charge on any atom is 0.253 e. The first-order chi connectivity index (χ1) is 31.5. The molecule has 16 heteroatoms. The number of nitrogens with one attached hydrogen (secondary N) is 3. The predicted octanol–water partition coefficient (Wildman–Crippen LogP) is 4.36. The number of ether oxygens (including phenoxy) is 2. The van der Waals surface area contributed by atoms with Crippen LogP contribution in [0.2, 0.25) is 0 Å². The number of likely N-dealkylation sites (tertiary alicyclic amines) is 1. The summed E-state index contributed by atoms with van der Waals surface area (Å²) in [5, 5.41) is 8.83. The molecule has 1 fully saturated rings. The van der Waals surface area contributed by atoms with Crippen LogP contribution in [0.25, 0.3) is 0 Å². The minimum absolute atomic E-state index is 0.0167. The molecule has 2 aromatic rings. The van der Waals surface area contributed by atoms with Gasteiger partial charge in [0.05, 0.1) is 42.7 Å². The first kappa shape index (κ1) is 53.2. The number of rotatable bonds is 26. The zero-order valence-corrected chi connectivity index (χ0v) is 40.1. The van der Waals surface area contributed by atoms with E-state index in [1.165, 1.54) is 24.2 Å². The minimum Gasteiger partial charge on any atom is -0.379 e. The van der Waals surface area contributed by atoms with Gasteiger partial charge in [-0.1, -0.05) is 89.9 Å². The summed E-state index contributed by atoms with van der Waals surface area (Å²) in [5.41, 5.74) is 8.47. The average Bonchev–Trinajstić information content (AvgIpc) is 3.93. The summed E-state index contributed by atoms with van der Waals surface area (Å²) in [5.74, 6) is -2.69. The number of nitrogens with zero attached hydrogens (tertiary/aromatic N) is 3. The van der Waals surface area contributed by atoms with Crippen LogP contribution in [0.1, 0.15) is 97.1 Å². The Morgan fingerprint density at radius 3 is 2.14 bits per heavy atom. The number of methoxy groups -OCH3 is 2. The summed E-state index contributed by atoms with van der Waals surface area (Å²) >= 11 is 0. The second-order valence-electron chi connectivity index (χ2n) is 18.0. The SMILES string of the molecule is CC[C@H](C)[C@@H]([C@@H](CC(=O)N1CCCC1[C@H](OC)[C@@H](C)C(=O)NC(Cc1ccccc1)C(=O)Nc1ccc(CNC(=O)CCCCCN2C(=O)C=CC2=O)cc1)OC)N(C)C(=O)C(N)C(C)C. The molecule has 4 rings (SSSR count). The van der Waals surface area contributed by atoms with Gasteiger partial charge in [0, 0.05) is 71.6 Å². The van der Waals surface area contributed by atoms with Crippen molar-refractivity contribution in [3.05, 3.63) is 77.9 Å². The first-order valence-electron chi connectivity index (χ1n) is 23.4. The van der Waals surface area contributed by atoms with Gasteiger partial charge in [0.25, 0.3) is 11.8 Å². The summed E-state index contributed by atoms with van der Waals surface area (Å²) in [6.45, 7) is 10.7. The van der Waals surface area contributed by atoms with E-state index in [-0.39, 0.29) is 54.2 Å². The number of hydrogen-bond donors (Lipinski definition) is 4. The fraction of sp³-hybridized carbons (Fsp3) is 0.580. The van der Waals surface area contributed by atoms with E-state index in [1.54, 1.807) is 55.1 Å². The molecule has 0 aromatic heterocycles. The van der Waals surface area contributed by atoms with E-state index >= 15 is 0 Å². The van der Waals surface area contributed by atoms with Crippen LogP contribution in [0.4, 0.5) is 5.69 Å². The lowest BCUT2D eigenvalue weighted by Crippen LogP contribution is -2.56. The van der Waals surface area contributed by atoms with Gasteiger partial charge in [-0.05, 0) is 60.8 Å². The van der Waals surface area contributed by atoms with Crippen molar-refractivity contribution in [3.63, 3.8) is 0 Å². The van der Waals surface area contributed by atoms with Crippen molar-refractivity contribution in [2.75, 3.05) is 39.7 Å². The summed E-state index contributed by atoms with van der Waals surface area (Å²) in [6, 6.07) is 14.0. The molecule has 3 unspecified atom stereocenters. The van der Waals surface area contributed by atoms with Crippen molar-refractivity contribution >= 4 is 47.0 Å². The molecule has 2 aliphatic heterocycles. The second-order valence-corrected chi connectivity index (χ2v) is 18.0. The van der Waals surface area contributed by atoms with Gasteiger partial charge in [-0.2, -0.15) is 0 Å². The van der Waals surface area contributed by atoms with Crippen LogP contribution < -0.4 is 21.7 Å². The number of carbonyl (C=O) groups excluding carboxylic acids is 7. The number of unbranched alkanes of at least 4 members (excludes halogenated alkanes) is 2. The Morgan fingerprint density at radius 1 is 0.864 bits per heavy atom. The van der Waals surface area contributed by atoms with E-state index in [2.05, 4.69) is 16.0 Å². The van der Waals surface area contributed by atoms with E-state index in [9.17, 15) is 33.6 Å². The van der Waals surface area contributed by atoms with Crippen LogP contribution in [0.3, 0.4) is 0 Å². The number of likely N-dealkylation sites (N-methyl/N-ethyl adjacent to an activating group) is 1. The Morgan fingerprint density at radius 2 is 1.53 bits per heavy atom. The number of anilines is 1. The molecule has 0 bridgehead atoms. The number of hydrogen-bond acceptors (Lipinski definition) is 10. The minimum atomic E-state index is -0.948. The Bertz CT molecular complexity index is 1960. The van der Waals surface area contributed by atoms with Crippen molar-refractivity contribution in [1.82, 2.24) is 25.3 Å². The molecule has 1 saturated heterocycles. The zero-order valence-electron chi connectivity index (χ0n) is 40.1. The molecule has 7 amide bonds. The molecule has 0 aliphatic carbocycles. The van der Waals surface area contributed by atoms with Crippen LogP contribution in [0.5, 0.6) is 0 Å². The zero-order chi connectivity index (χ0) is 48.5. The van der Waals surface area contributed by atoms with Gasteiger partial charge in [-0.3, -0.25) is 38.5 Å². The van der Waals surface area contributed by atoms with Crippen molar-refractivity contribution < 1.29 is 43.0 Å². The molecule has 0 saturated carbocycles. The summed E-state index contributed by atoms with van der Waals surface area (Å²) in [4.78, 5) is 96.2. The molecule has 16 nitrogen and oxygen atoms in total. The smallest absolute Gasteiger partial charge is 0.253 e. The number of nitrogens with two attached hydrogens (primary N) is 1. The normalized spacial score (nSPS) is 18.1. The Balaban J connectivity index is 1.36. The Kier molecular flexibility index (Phi) is 21.0. The number of carbonyl (C=O) groups is 7. The first-order valence-corrected chi connectivity index (χ1v) is 23.4. The lowest BCUT2D eigenvalue weighted by atomic mass is 9.89. The van der Waals surface area contributed by atoms with Gasteiger partial charge in [-0.25, -0.2) is 0 Å². The second kappa shape index (κ2) is 26.0. The molecule has 0 spiro atoms. The maximum atomic E-state index is 14.2. The third-order valence-corrected chi connectivity index (χ3v) is 13.1. The molecule has 2 aromatic carbocycles. The predicted molar refractivity (Wildman–Crippen MR) is 252 cm³/mol. The molecule has 0 radical (unpaired) electrons. The van der Waals surface area contributed by atoms with Crippen molar-refractivity contribution in [2.24, 2.45) is 23.5 Å². The molecule has 66 heavy (non-hydrogen) atoms. The van der Waals surface area contributed by atoms with Crippen molar-refractivity contribution in [3.8, 4) is 0 Å². The third-order valence-electron chi connectivity index (χ3n) is 13.1. The van der Waals surface area contributed by atoms with Crippen LogP contribution in [-0.2, 0) is 56.0 Å². The highest BCUT2D eigenvalue weighted by Crippen LogP contribution is 2.30. The quantitative estimate of drug-likeness (QED) is 0.0775. The van der Waals surface area contributed by atoms with Crippen LogP contribution in [0, 0.1) is 17.8 Å². The highest BCUT2D eigenvalue weighted by Gasteiger charge is 2.43. The topological polar surface area (TPSA) is 210 Å². The lowest BCUT2D eigenvalue weighted by molar-refractivity contribution is -0.146. The van der Waals surface area contributed by atoms with E-state index in [4.69, 9.17) is 15.2 Å². The van der Waals surface area contributed by atoms with Gasteiger partial charge < -0.3 is 41.0 Å². The lowest BCUT2D eigenvalue weighted by Gasteiger charge is -2.40. The average molecular weight is 916 g/mol. The molecule has 8 atom stereocenters. The van der Waals surface area contributed by atoms with Gasteiger partial charge in [0.15, 0.2) is 0 Å². The van der Waals surface area contributed by atoms with Crippen LogP contribution in [-0.4, -0.2) is 127 Å². The number of amides is 7. The molecule has 2 aliphatic rings. The third kappa shape index (κ3) is 14.8. The number of benzene rings is 2. The molecule has 2 heterocycles. The fourth-order valence-corrected chi connectivity index (χ4v) is 8.80. The van der Waals surface area contributed by atoms with Crippen molar-refractivity contribution in [1.29, 1.82) is 0 Å². The highest BCUT2D eigenvalue weighted by molar-refractivity contribution is 6.12. The Hall–Kier alpha value is -5.45. The summed E-state index contributed by atoms with van der Waals surface area (Å²) < 4.78 is 12.0. The molecule has 362 valence electrons. The van der Waals surface area contributed by atoms with Gasteiger partial charge >= 0.3 is 0 Å². The number of imide groups is 1. The van der Waals surface area contributed by atoms with Crippen molar-refractivity contribution in [2.45, 2.75) is 135 Å². The molecule has 5 N–H and O–H groups in total. The van der Waals surface area contributed by atoms with Gasteiger partial charge in [0.1, 0.15) is 6.04 Å². The largest absolute Gasteiger partial charge is 0.379 e. The van der Waals surface area contributed by atoms with Gasteiger partial charge in [0.2, 0.25) is 29.5 Å². The van der Waals surface area contributed by atoms with E-state index < -0.39 is 54.1 Å². The van der Waals surface area contributed by atoms with Gasteiger partial charge in [-0.15, -0.1) is 0 Å². The van der Waals surface area contributed by atoms with E-state index in [0.717, 1.165) is 24.0 Å².